The van der Waals surface area contributed by atoms with Crippen LogP contribution in [0.15, 0.2) is 54.6 Å². The molecule has 1 aliphatic heterocycles. The fourth-order valence-corrected chi connectivity index (χ4v) is 3.78. The Hall–Kier alpha value is -3.29. The normalized spacial score (nSPS) is 16.1. The largest absolute Gasteiger partial charge is 0.465 e. The number of piperidine rings is 1. The number of carboxylic acid groups (broad SMARTS) is 1. The van der Waals surface area contributed by atoms with Gasteiger partial charge in [0.15, 0.2) is 5.82 Å². The van der Waals surface area contributed by atoms with Crippen molar-refractivity contribution in [2.24, 2.45) is 0 Å². The summed E-state index contributed by atoms with van der Waals surface area (Å²) in [5, 5.41) is 22.3. The van der Waals surface area contributed by atoms with Crippen molar-refractivity contribution in [3.05, 3.63) is 77.4 Å². The molecule has 0 saturated carbocycles. The highest BCUT2D eigenvalue weighted by molar-refractivity contribution is 5.65. The Morgan fingerprint density at radius 3 is 2.54 bits per heavy atom. The molecule has 144 valence electrons. The predicted molar refractivity (Wildman–Crippen MR) is 99.4 cm³/mol. The second-order valence-electron chi connectivity index (χ2n) is 6.99. The maximum atomic E-state index is 13.4. The van der Waals surface area contributed by atoms with Gasteiger partial charge in [-0.1, -0.05) is 42.5 Å². The lowest BCUT2D eigenvalue weighted by atomic mass is 9.72. The molecule has 0 unspecified atom stereocenters. The van der Waals surface area contributed by atoms with Crippen molar-refractivity contribution < 1.29 is 14.3 Å². The highest BCUT2D eigenvalue weighted by Crippen LogP contribution is 2.39. The number of hydrogen-bond acceptors (Lipinski definition) is 4. The second-order valence-corrected chi connectivity index (χ2v) is 6.99. The fourth-order valence-electron chi connectivity index (χ4n) is 3.78. The van der Waals surface area contributed by atoms with Gasteiger partial charge in [0.2, 0.25) is 0 Å². The Labute approximate surface area is 161 Å². The summed E-state index contributed by atoms with van der Waals surface area (Å²) in [6.45, 7) is 1.13. The van der Waals surface area contributed by atoms with E-state index in [9.17, 15) is 14.3 Å². The Morgan fingerprint density at radius 1 is 1.11 bits per heavy atom. The molecule has 7 nitrogen and oxygen atoms in total. The lowest BCUT2D eigenvalue weighted by Gasteiger charge is -2.39. The molecule has 3 aromatic rings. The van der Waals surface area contributed by atoms with E-state index in [0.29, 0.717) is 38.3 Å². The first-order valence-electron chi connectivity index (χ1n) is 9.13. The monoisotopic (exact) mass is 381 g/mol. The first-order chi connectivity index (χ1) is 13.6. The summed E-state index contributed by atoms with van der Waals surface area (Å²) in [4.78, 5) is 14.2. The van der Waals surface area contributed by atoms with Crippen molar-refractivity contribution in [3.63, 3.8) is 0 Å². The Morgan fingerprint density at radius 2 is 1.86 bits per heavy atom. The summed E-state index contributed by atoms with van der Waals surface area (Å²) in [5.74, 6) is 0.264. The highest BCUT2D eigenvalue weighted by Gasteiger charge is 2.42. The van der Waals surface area contributed by atoms with Gasteiger partial charge in [-0.2, -0.15) is 4.80 Å². The zero-order chi connectivity index (χ0) is 19.6. The molecule has 2 aromatic carbocycles. The topological polar surface area (TPSA) is 84.1 Å². The number of amides is 1. The average Bonchev–Trinajstić information content (AvgIpc) is 3.17. The van der Waals surface area contributed by atoms with Crippen molar-refractivity contribution >= 4 is 6.09 Å². The van der Waals surface area contributed by atoms with Gasteiger partial charge in [0, 0.05) is 13.1 Å². The minimum Gasteiger partial charge on any atom is -0.465 e. The van der Waals surface area contributed by atoms with Crippen molar-refractivity contribution in [3.8, 4) is 0 Å². The summed E-state index contributed by atoms with van der Waals surface area (Å²) in [6, 6.07) is 16.2. The molecule has 0 atom stereocenters. The molecule has 1 N–H and O–H groups in total. The molecule has 1 aliphatic rings. The maximum Gasteiger partial charge on any atom is 0.407 e. The van der Waals surface area contributed by atoms with Gasteiger partial charge in [0.05, 0.1) is 12.0 Å². The number of benzene rings is 2. The SMILES string of the molecule is O=C(O)N1CCC(c2ccccc2)(c2nnn(Cc3cccc(F)c3)n2)CC1. The van der Waals surface area contributed by atoms with Crippen LogP contribution in [0.5, 0.6) is 0 Å². The van der Waals surface area contributed by atoms with Crippen molar-refractivity contribution in [1.82, 2.24) is 25.1 Å². The van der Waals surface area contributed by atoms with E-state index in [-0.39, 0.29) is 5.82 Å². The number of likely N-dealkylation sites (tertiary alicyclic amines) is 1. The van der Waals surface area contributed by atoms with E-state index in [2.05, 4.69) is 15.4 Å². The molecule has 1 saturated heterocycles. The van der Waals surface area contributed by atoms with Gasteiger partial charge in [0.1, 0.15) is 5.82 Å². The van der Waals surface area contributed by atoms with Crippen LogP contribution in [0, 0.1) is 5.82 Å². The van der Waals surface area contributed by atoms with Gasteiger partial charge >= 0.3 is 6.09 Å². The van der Waals surface area contributed by atoms with Crippen LogP contribution in [0.25, 0.3) is 0 Å². The van der Waals surface area contributed by atoms with E-state index in [1.807, 2.05) is 36.4 Å². The Bertz CT molecular complexity index is 967. The third kappa shape index (κ3) is 3.45. The van der Waals surface area contributed by atoms with E-state index < -0.39 is 11.5 Å². The number of aromatic nitrogens is 4. The number of hydrogen-bond donors (Lipinski definition) is 1. The van der Waals surface area contributed by atoms with Crippen molar-refractivity contribution in [1.29, 1.82) is 0 Å². The van der Waals surface area contributed by atoms with Gasteiger partial charge < -0.3 is 10.0 Å². The Balaban J connectivity index is 1.65. The molecule has 4 rings (SSSR count). The molecule has 0 bridgehead atoms. The summed E-state index contributed by atoms with van der Waals surface area (Å²) >= 11 is 0. The van der Waals surface area contributed by atoms with E-state index in [4.69, 9.17) is 0 Å². The van der Waals surface area contributed by atoms with E-state index in [1.54, 1.807) is 6.07 Å². The highest BCUT2D eigenvalue weighted by atomic mass is 19.1. The summed E-state index contributed by atoms with van der Waals surface area (Å²) < 4.78 is 13.4. The van der Waals surface area contributed by atoms with Gasteiger partial charge in [-0.25, -0.2) is 9.18 Å². The van der Waals surface area contributed by atoms with Crippen LogP contribution in [0.1, 0.15) is 29.8 Å². The van der Waals surface area contributed by atoms with Crippen LogP contribution >= 0.6 is 0 Å². The third-order valence-electron chi connectivity index (χ3n) is 5.31. The molecule has 0 spiro atoms. The number of nitrogens with zero attached hydrogens (tertiary/aromatic N) is 5. The van der Waals surface area contributed by atoms with E-state index in [1.165, 1.54) is 21.8 Å². The van der Waals surface area contributed by atoms with Gasteiger partial charge in [0.25, 0.3) is 0 Å². The number of tetrazole rings is 1. The van der Waals surface area contributed by atoms with E-state index in [0.717, 1.165) is 11.1 Å². The third-order valence-corrected chi connectivity index (χ3v) is 5.31. The number of rotatable bonds is 4. The van der Waals surface area contributed by atoms with Crippen LogP contribution in [-0.4, -0.2) is 49.4 Å². The molecule has 2 heterocycles. The number of carbonyl (C=O) groups is 1. The first kappa shape index (κ1) is 18.1. The van der Waals surface area contributed by atoms with Crippen molar-refractivity contribution in [2.45, 2.75) is 24.8 Å². The van der Waals surface area contributed by atoms with Crippen LogP contribution in [0.4, 0.5) is 9.18 Å². The molecule has 0 aliphatic carbocycles. The summed E-state index contributed by atoms with van der Waals surface area (Å²) in [7, 11) is 0. The molecule has 1 fully saturated rings. The standard InChI is InChI=1S/C20H20FN5O2/c21-17-8-4-5-15(13-17)14-26-23-18(22-24-26)20(16-6-2-1-3-7-16)9-11-25(12-10-20)19(27)28/h1-8,13H,9-12,14H2,(H,27,28). The van der Waals surface area contributed by atoms with Gasteiger partial charge in [-0.05, 0) is 41.3 Å². The molecular weight excluding hydrogens is 361 g/mol. The minimum absolute atomic E-state index is 0.306. The molecule has 28 heavy (non-hydrogen) atoms. The summed E-state index contributed by atoms with van der Waals surface area (Å²) in [5.41, 5.74) is 1.30. The Kier molecular flexibility index (Phi) is 4.77. The fraction of sp³-hybridized carbons (Fsp3) is 0.300. The van der Waals surface area contributed by atoms with Crippen LogP contribution in [-0.2, 0) is 12.0 Å². The molecular formula is C20H20FN5O2. The maximum absolute atomic E-state index is 13.4. The molecule has 0 radical (unpaired) electrons. The van der Waals surface area contributed by atoms with Crippen LogP contribution in [0.2, 0.25) is 0 Å². The smallest absolute Gasteiger partial charge is 0.407 e. The lowest BCUT2D eigenvalue weighted by Crippen LogP contribution is -2.45. The zero-order valence-corrected chi connectivity index (χ0v) is 15.2. The van der Waals surface area contributed by atoms with Crippen LogP contribution < -0.4 is 0 Å². The number of halogens is 1. The molecule has 1 aromatic heterocycles. The average molecular weight is 381 g/mol. The molecule has 8 heteroatoms. The van der Waals surface area contributed by atoms with Gasteiger partial charge in [-0.15, -0.1) is 10.2 Å². The predicted octanol–water partition coefficient (Wildman–Crippen LogP) is 2.92. The van der Waals surface area contributed by atoms with Crippen molar-refractivity contribution in [2.75, 3.05) is 13.1 Å². The molecule has 1 amide bonds. The quantitative estimate of drug-likeness (QED) is 0.751. The minimum atomic E-state index is -0.913. The summed E-state index contributed by atoms with van der Waals surface area (Å²) in [6.07, 6.45) is 0.244. The van der Waals surface area contributed by atoms with Crippen LogP contribution in [0.3, 0.4) is 0 Å². The lowest BCUT2D eigenvalue weighted by molar-refractivity contribution is 0.121. The van der Waals surface area contributed by atoms with E-state index >= 15 is 0 Å². The second kappa shape index (κ2) is 7.38. The first-order valence-corrected chi connectivity index (χ1v) is 9.13. The zero-order valence-electron chi connectivity index (χ0n) is 15.2. The van der Waals surface area contributed by atoms with Gasteiger partial charge in [-0.3, -0.25) is 0 Å².